The molecule has 6 heteroatoms. The van der Waals surface area contributed by atoms with Crippen LogP contribution in [0.25, 0.3) is 0 Å². The van der Waals surface area contributed by atoms with Crippen molar-refractivity contribution in [3.8, 4) is 5.75 Å². The van der Waals surface area contributed by atoms with Crippen molar-refractivity contribution in [2.24, 2.45) is 4.99 Å². The predicted octanol–water partition coefficient (Wildman–Crippen LogP) is 3.31. The van der Waals surface area contributed by atoms with Crippen LogP contribution in [-0.2, 0) is 13.0 Å². The molecule has 25 heavy (non-hydrogen) atoms. The topological polar surface area (TPSA) is 58.5 Å². The van der Waals surface area contributed by atoms with Crippen LogP contribution in [0, 0.1) is 6.92 Å². The van der Waals surface area contributed by atoms with Crippen LogP contribution in [0.15, 0.2) is 47.7 Å². The van der Waals surface area contributed by atoms with Gasteiger partial charge in [0, 0.05) is 25.5 Å². The van der Waals surface area contributed by atoms with E-state index in [1.807, 2.05) is 30.6 Å². The molecule has 0 fully saturated rings. The number of methoxy groups -OCH3 is 1. The van der Waals surface area contributed by atoms with Crippen LogP contribution < -0.4 is 15.4 Å². The Morgan fingerprint density at radius 1 is 1.24 bits per heavy atom. The quantitative estimate of drug-likeness (QED) is 0.383. The van der Waals surface area contributed by atoms with Crippen LogP contribution in [-0.4, -0.2) is 31.1 Å². The van der Waals surface area contributed by atoms with Gasteiger partial charge in [-0.05, 0) is 55.2 Å². The molecule has 0 aliphatic heterocycles. The molecular formula is C19H27IN4O. The molecule has 0 saturated heterocycles. The van der Waals surface area contributed by atoms with Crippen LogP contribution in [0.1, 0.15) is 23.6 Å². The minimum Gasteiger partial charge on any atom is -0.497 e. The van der Waals surface area contributed by atoms with E-state index in [2.05, 4.69) is 46.6 Å². The van der Waals surface area contributed by atoms with Gasteiger partial charge in [0.05, 0.1) is 13.7 Å². The van der Waals surface area contributed by atoms with E-state index in [0.717, 1.165) is 36.8 Å². The Morgan fingerprint density at radius 2 is 2.08 bits per heavy atom. The second-order valence-corrected chi connectivity index (χ2v) is 5.53. The lowest BCUT2D eigenvalue weighted by molar-refractivity contribution is 0.414. The highest BCUT2D eigenvalue weighted by molar-refractivity contribution is 14.0. The maximum absolute atomic E-state index is 5.25. The summed E-state index contributed by atoms with van der Waals surface area (Å²) in [6.45, 7) is 6.42. The Bertz CT molecular complexity index is 676. The number of aryl methyl sites for hydroxylation is 1. The van der Waals surface area contributed by atoms with E-state index >= 15 is 0 Å². The number of benzene rings is 1. The van der Waals surface area contributed by atoms with Gasteiger partial charge in [-0.2, -0.15) is 0 Å². The van der Waals surface area contributed by atoms with Crippen molar-refractivity contribution in [2.75, 3.05) is 20.2 Å². The number of halogens is 1. The second-order valence-electron chi connectivity index (χ2n) is 5.53. The summed E-state index contributed by atoms with van der Waals surface area (Å²) < 4.78 is 5.25. The van der Waals surface area contributed by atoms with Crippen LogP contribution in [0.5, 0.6) is 5.75 Å². The molecule has 0 atom stereocenters. The highest BCUT2D eigenvalue weighted by Gasteiger charge is 2.01. The van der Waals surface area contributed by atoms with Gasteiger partial charge in [-0.25, -0.2) is 4.99 Å². The molecule has 0 spiro atoms. The lowest BCUT2D eigenvalue weighted by Crippen LogP contribution is -2.38. The Labute approximate surface area is 167 Å². The fourth-order valence-corrected chi connectivity index (χ4v) is 2.38. The predicted molar refractivity (Wildman–Crippen MR) is 114 cm³/mol. The molecule has 0 unspecified atom stereocenters. The Kier molecular flexibility index (Phi) is 9.91. The molecule has 2 N–H and O–H groups in total. The molecule has 0 bridgehead atoms. The first-order valence-electron chi connectivity index (χ1n) is 8.27. The minimum atomic E-state index is 0. The Morgan fingerprint density at radius 3 is 2.80 bits per heavy atom. The van der Waals surface area contributed by atoms with Crippen molar-refractivity contribution >= 4 is 29.9 Å². The van der Waals surface area contributed by atoms with Crippen LogP contribution in [0.4, 0.5) is 0 Å². The average Bonchev–Trinajstić information content (AvgIpc) is 2.61. The second kappa shape index (κ2) is 11.7. The zero-order valence-corrected chi connectivity index (χ0v) is 17.4. The third kappa shape index (κ3) is 7.29. The number of nitrogens with zero attached hydrogens (tertiary/aromatic N) is 2. The molecule has 1 aromatic heterocycles. The van der Waals surface area contributed by atoms with Crippen molar-refractivity contribution in [3.05, 3.63) is 59.4 Å². The van der Waals surface area contributed by atoms with Crippen LogP contribution >= 0.6 is 24.0 Å². The van der Waals surface area contributed by atoms with Crippen molar-refractivity contribution in [3.63, 3.8) is 0 Å². The van der Waals surface area contributed by atoms with E-state index in [-0.39, 0.29) is 24.0 Å². The third-order valence-corrected chi connectivity index (χ3v) is 3.72. The molecule has 0 radical (unpaired) electrons. The number of ether oxygens (including phenoxy) is 1. The first-order valence-corrected chi connectivity index (χ1v) is 8.27. The molecule has 2 rings (SSSR count). The number of hydrogen-bond donors (Lipinski definition) is 2. The molecule has 5 nitrogen and oxygen atoms in total. The summed E-state index contributed by atoms with van der Waals surface area (Å²) in [6.07, 6.45) is 4.68. The Balaban J connectivity index is 0.00000312. The van der Waals surface area contributed by atoms with Gasteiger partial charge in [-0.3, -0.25) is 4.98 Å². The largest absolute Gasteiger partial charge is 0.497 e. The van der Waals surface area contributed by atoms with Gasteiger partial charge in [0.1, 0.15) is 5.75 Å². The van der Waals surface area contributed by atoms with Gasteiger partial charge in [0.25, 0.3) is 0 Å². The normalized spacial score (nSPS) is 10.8. The van der Waals surface area contributed by atoms with Crippen molar-refractivity contribution in [1.82, 2.24) is 15.6 Å². The molecule has 1 heterocycles. The van der Waals surface area contributed by atoms with E-state index in [1.165, 1.54) is 11.1 Å². The lowest BCUT2D eigenvalue weighted by atomic mass is 10.1. The maximum Gasteiger partial charge on any atom is 0.191 e. The van der Waals surface area contributed by atoms with Gasteiger partial charge in [0.2, 0.25) is 0 Å². The van der Waals surface area contributed by atoms with Gasteiger partial charge < -0.3 is 15.4 Å². The molecule has 1 aromatic carbocycles. The number of hydrogen-bond acceptors (Lipinski definition) is 3. The van der Waals surface area contributed by atoms with Crippen molar-refractivity contribution < 1.29 is 4.74 Å². The number of guanidine groups is 1. The minimum absolute atomic E-state index is 0. The number of rotatable bonds is 7. The summed E-state index contributed by atoms with van der Waals surface area (Å²) in [5, 5.41) is 6.66. The first-order chi connectivity index (χ1) is 11.7. The summed E-state index contributed by atoms with van der Waals surface area (Å²) in [5.74, 6) is 1.68. The van der Waals surface area contributed by atoms with Crippen LogP contribution in [0.3, 0.4) is 0 Å². The van der Waals surface area contributed by atoms with Crippen molar-refractivity contribution in [1.29, 1.82) is 0 Å². The fraction of sp³-hybridized carbons (Fsp3) is 0.368. The molecule has 0 aliphatic rings. The maximum atomic E-state index is 5.25. The van der Waals surface area contributed by atoms with E-state index in [1.54, 1.807) is 7.11 Å². The number of aromatic nitrogens is 1. The third-order valence-electron chi connectivity index (χ3n) is 3.72. The summed E-state index contributed by atoms with van der Waals surface area (Å²) in [4.78, 5) is 8.77. The summed E-state index contributed by atoms with van der Waals surface area (Å²) in [6, 6.07) is 10.0. The summed E-state index contributed by atoms with van der Waals surface area (Å²) >= 11 is 0. The highest BCUT2D eigenvalue weighted by Crippen LogP contribution is 2.13. The summed E-state index contributed by atoms with van der Waals surface area (Å²) in [5.41, 5.74) is 3.65. The molecule has 0 amide bonds. The monoisotopic (exact) mass is 454 g/mol. The lowest BCUT2D eigenvalue weighted by Gasteiger charge is -2.12. The molecular weight excluding hydrogens is 427 g/mol. The van der Waals surface area contributed by atoms with Crippen molar-refractivity contribution in [2.45, 2.75) is 26.8 Å². The molecule has 136 valence electrons. The van der Waals surface area contributed by atoms with Gasteiger partial charge in [-0.1, -0.05) is 12.1 Å². The zero-order valence-electron chi connectivity index (χ0n) is 15.1. The number of pyridine rings is 1. The molecule has 0 aliphatic carbocycles. The van der Waals surface area contributed by atoms with E-state index < -0.39 is 0 Å². The molecule has 2 aromatic rings. The van der Waals surface area contributed by atoms with E-state index in [9.17, 15) is 0 Å². The first kappa shape index (κ1) is 21.2. The summed E-state index contributed by atoms with van der Waals surface area (Å²) in [7, 11) is 1.68. The molecule has 0 saturated carbocycles. The highest BCUT2D eigenvalue weighted by atomic mass is 127. The fourth-order valence-electron chi connectivity index (χ4n) is 2.38. The van der Waals surface area contributed by atoms with Gasteiger partial charge >= 0.3 is 0 Å². The average molecular weight is 454 g/mol. The van der Waals surface area contributed by atoms with E-state index in [0.29, 0.717) is 6.54 Å². The van der Waals surface area contributed by atoms with Gasteiger partial charge in [0.15, 0.2) is 5.96 Å². The number of nitrogens with one attached hydrogen (secondary N) is 2. The van der Waals surface area contributed by atoms with Gasteiger partial charge in [-0.15, -0.1) is 24.0 Å². The SMILES string of the molecule is CCNC(=NCc1cccc(OC)c1)NCCc1ccncc1C.I. The van der Waals surface area contributed by atoms with Crippen LogP contribution in [0.2, 0.25) is 0 Å². The number of aliphatic imine (C=N–C) groups is 1. The Hall–Kier alpha value is -1.83. The standard InChI is InChI=1S/C19H26N4O.HI/c1-4-21-19(22-11-9-17-8-10-20-13-15(17)2)23-14-16-6-5-7-18(12-16)24-3;/h5-8,10,12-13H,4,9,11,14H2,1-3H3,(H2,21,22,23);1H. The van der Waals surface area contributed by atoms with E-state index in [4.69, 9.17) is 4.74 Å². The zero-order chi connectivity index (χ0) is 17.2. The smallest absolute Gasteiger partial charge is 0.191 e.